The van der Waals surface area contributed by atoms with Gasteiger partial charge in [-0.2, -0.15) is 0 Å². The topological polar surface area (TPSA) is 199 Å². The zero-order chi connectivity index (χ0) is 43.8. The van der Waals surface area contributed by atoms with E-state index in [9.17, 15) is 28.8 Å². The van der Waals surface area contributed by atoms with Gasteiger partial charge in [-0.05, 0) is 62.2 Å². The van der Waals surface area contributed by atoms with Gasteiger partial charge in [0, 0.05) is 59.6 Å². The molecule has 0 atom stereocenters. The van der Waals surface area contributed by atoms with E-state index in [4.69, 9.17) is 23.8 Å². The molecule has 0 radical (unpaired) electrons. The van der Waals surface area contributed by atoms with E-state index >= 15 is 0 Å². The van der Waals surface area contributed by atoms with Crippen LogP contribution in [-0.2, 0) is 9.59 Å². The van der Waals surface area contributed by atoms with E-state index in [2.05, 4.69) is 47.6 Å². The minimum absolute atomic E-state index is 0. The fraction of sp³-hybridized carbons (Fsp3) is 0.304. The van der Waals surface area contributed by atoms with E-state index in [0.717, 1.165) is 57.4 Å². The summed E-state index contributed by atoms with van der Waals surface area (Å²) in [7, 11) is 0. The Bertz CT molecular complexity index is 2720. The van der Waals surface area contributed by atoms with E-state index in [0.29, 0.717) is 71.0 Å². The fourth-order valence-corrected chi connectivity index (χ4v) is 8.66. The largest absolute Gasteiger partial charge is 1.00 e. The van der Waals surface area contributed by atoms with Gasteiger partial charge in [0.05, 0.1) is 33.4 Å². The van der Waals surface area contributed by atoms with Gasteiger partial charge >= 0.3 is 51.4 Å². The van der Waals surface area contributed by atoms with Gasteiger partial charge in [0.25, 0.3) is 0 Å². The summed E-state index contributed by atoms with van der Waals surface area (Å²) in [6.45, 7) is 11.4. The second kappa shape index (κ2) is 23.7. The number of fused-ring (bicyclic) bond motifs is 8. The number of alkyl halides is 1. The second-order valence-corrected chi connectivity index (χ2v) is 16.1. The third-order valence-corrected chi connectivity index (χ3v) is 11.5. The number of nitrogens with one attached hydrogen (secondary N) is 3. The molecule has 2 aromatic heterocycles. The number of carbonyl (C=O) groups is 6. The maximum Gasteiger partial charge on any atom is 1.00 e. The van der Waals surface area contributed by atoms with Crippen LogP contribution in [0.4, 0.5) is 0 Å². The van der Waals surface area contributed by atoms with E-state index in [1.54, 1.807) is 72.8 Å². The third-order valence-electron chi connectivity index (χ3n) is 10.2. The molecule has 2 amide bonds. The van der Waals surface area contributed by atoms with Gasteiger partial charge in [-0.1, -0.05) is 88.0 Å². The Hall–Kier alpha value is -4.10. The number of ketones is 4. The van der Waals surface area contributed by atoms with E-state index in [1.807, 2.05) is 9.80 Å². The average molecular weight is 936 g/mol. The number of hydrogen-bond acceptors (Lipinski definition) is 10. The first-order valence-corrected chi connectivity index (χ1v) is 22.3. The summed E-state index contributed by atoms with van der Waals surface area (Å²) in [4.78, 5) is 92.1. The molecule has 2 aliphatic carbocycles. The Morgan fingerprint density at radius 1 is 0.603 bits per heavy atom. The van der Waals surface area contributed by atoms with Crippen molar-refractivity contribution in [1.29, 1.82) is 0 Å². The van der Waals surface area contributed by atoms with Gasteiger partial charge in [0.15, 0.2) is 33.1 Å². The summed E-state index contributed by atoms with van der Waals surface area (Å²) in [6.07, 6.45) is 3.85. The molecule has 17 heteroatoms. The molecule has 8 rings (SSSR count). The Morgan fingerprint density at radius 2 is 1.05 bits per heavy atom. The van der Waals surface area contributed by atoms with E-state index in [-0.39, 0.29) is 103 Å². The minimum Gasteiger partial charge on any atom is -0.870 e. The summed E-state index contributed by atoms with van der Waals surface area (Å²) in [5, 5.41) is 0.568. The molecule has 2 heterocycles. The summed E-state index contributed by atoms with van der Waals surface area (Å²) in [5.41, 5.74) is 5.77. The number of hydrogen-bond donors (Lipinski definition) is 3. The Morgan fingerprint density at radius 3 is 1.54 bits per heavy atom. The number of aromatic nitrogens is 4. The number of rotatable bonds is 12. The van der Waals surface area contributed by atoms with Crippen LogP contribution < -0.4 is 51.4 Å². The summed E-state index contributed by atoms with van der Waals surface area (Å²) < 4.78 is 0.438. The first kappa shape index (κ1) is 51.5. The maximum absolute atomic E-state index is 13.1. The van der Waals surface area contributed by atoms with Crippen molar-refractivity contribution in [3.8, 4) is 0 Å². The van der Waals surface area contributed by atoms with Crippen LogP contribution in [0.15, 0.2) is 78.0 Å². The second-order valence-electron chi connectivity index (χ2n) is 14.5. The number of carbonyl (C=O) groups excluding carboxylic acids is 6. The van der Waals surface area contributed by atoms with E-state index < -0.39 is 0 Å². The summed E-state index contributed by atoms with van der Waals surface area (Å²) >= 11 is 11.8. The number of aromatic amines is 3. The number of imidazole rings is 2. The van der Waals surface area contributed by atoms with Crippen LogP contribution in [0.2, 0.25) is 0 Å². The molecule has 0 bridgehead atoms. The SMILES string of the molecule is CCCN(CCC)C(=O)CCl.CCCN(CCC)C(=O)CSc1nc2c3c(ccc2[nH]1)C(=O)c1ccccc1C3=O.O=C1c2ccccc2C(=O)c2c1ccc1[nH]c(=S)[nH]c21.[K+].[OH-]. The molecule has 13 nitrogen and oxygen atoms in total. The molecular formula is C46H48ClKN6O7S2. The van der Waals surface area contributed by atoms with Crippen LogP contribution in [0.1, 0.15) is 117 Å². The number of amides is 2. The van der Waals surface area contributed by atoms with Crippen molar-refractivity contribution in [2.45, 2.75) is 58.5 Å². The average Bonchev–Trinajstić information content (AvgIpc) is 3.88. The van der Waals surface area contributed by atoms with Gasteiger partial charge in [-0.15, -0.1) is 11.6 Å². The quantitative estimate of drug-likeness (QED) is 0.0584. The molecule has 324 valence electrons. The van der Waals surface area contributed by atoms with Gasteiger partial charge < -0.3 is 30.2 Å². The monoisotopic (exact) mass is 934 g/mol. The molecule has 0 saturated heterocycles. The minimum atomic E-state index is -0.193. The molecule has 4 N–H and O–H groups in total. The van der Waals surface area contributed by atoms with Crippen LogP contribution in [-0.4, -0.2) is 108 Å². The first-order chi connectivity index (χ1) is 29.5. The Balaban J connectivity index is 0.000000228. The van der Waals surface area contributed by atoms with Crippen molar-refractivity contribution in [1.82, 2.24) is 29.7 Å². The van der Waals surface area contributed by atoms with Gasteiger partial charge in [0.1, 0.15) is 11.4 Å². The standard InChI is InChI=1S/C23H23N3O3S.C15H8N2O2S.C8H16ClNO.K.H2O/c1-3-11-26(12-4-2)18(27)13-30-23-24-17-10-9-16-19(20(17)25-23)22(29)15-8-6-5-7-14(15)21(16)28;18-13-7-3-1-2-4-8(7)14(19)11-9(13)5-6-10-12(11)17-15(20)16-10;1-3-5-10(6-4-2)8(11)7-9;;/h5-10H,3-4,11-13H2,1-2H3,(H,24,25);1-6H,(H2,16,17,20);3-7H2,1-2H3;;1H2/q;;;+1;/p-1. The molecule has 4 aromatic carbocycles. The van der Waals surface area contributed by atoms with Crippen molar-refractivity contribution in [3.63, 3.8) is 0 Å². The molecule has 63 heavy (non-hydrogen) atoms. The van der Waals surface area contributed by atoms with Crippen LogP contribution in [0, 0.1) is 4.77 Å². The van der Waals surface area contributed by atoms with Crippen molar-refractivity contribution in [2.75, 3.05) is 37.8 Å². The first-order valence-electron chi connectivity index (χ1n) is 20.4. The van der Waals surface area contributed by atoms with E-state index in [1.165, 1.54) is 11.8 Å². The molecular weight excluding hydrogens is 887 g/mol. The van der Waals surface area contributed by atoms with Gasteiger partial charge in [0.2, 0.25) is 11.8 Å². The molecule has 0 unspecified atom stereocenters. The van der Waals surface area contributed by atoms with Crippen molar-refractivity contribution in [2.24, 2.45) is 0 Å². The predicted molar refractivity (Wildman–Crippen MR) is 244 cm³/mol. The molecule has 6 aromatic rings. The zero-order valence-corrected chi connectivity index (χ0v) is 41.4. The molecule has 2 aliphatic rings. The number of halogens is 1. The van der Waals surface area contributed by atoms with Crippen molar-refractivity contribution < 1.29 is 85.6 Å². The summed E-state index contributed by atoms with van der Waals surface area (Å²) in [5.74, 6) is -0.116. The van der Waals surface area contributed by atoms with Crippen LogP contribution in [0.5, 0.6) is 0 Å². The Labute approximate surface area is 422 Å². The van der Waals surface area contributed by atoms with Gasteiger partial charge in [-0.25, -0.2) is 4.98 Å². The number of H-pyrrole nitrogens is 3. The number of nitrogens with zero attached hydrogens (tertiary/aromatic N) is 3. The maximum atomic E-state index is 13.1. The Kier molecular flexibility index (Phi) is 19.4. The van der Waals surface area contributed by atoms with Crippen LogP contribution in [0.3, 0.4) is 0 Å². The molecule has 0 saturated carbocycles. The van der Waals surface area contributed by atoms with Crippen molar-refractivity contribution in [3.05, 3.63) is 122 Å². The van der Waals surface area contributed by atoms with Gasteiger partial charge in [-0.3, -0.25) is 28.8 Å². The van der Waals surface area contributed by atoms with Crippen LogP contribution in [0.25, 0.3) is 22.1 Å². The van der Waals surface area contributed by atoms with Crippen molar-refractivity contribution >= 4 is 92.6 Å². The summed E-state index contributed by atoms with van der Waals surface area (Å²) in [6, 6.07) is 20.6. The molecule has 0 fully saturated rings. The predicted octanol–water partition coefficient (Wildman–Crippen LogP) is 5.78. The smallest absolute Gasteiger partial charge is 0.870 e. The third kappa shape index (κ3) is 11.2. The number of benzene rings is 4. The fourth-order valence-electron chi connectivity index (χ4n) is 7.49. The normalized spacial score (nSPS) is 12.0. The molecule has 0 spiro atoms. The number of thioether (sulfide) groups is 1. The van der Waals surface area contributed by atoms with Crippen LogP contribution >= 0.6 is 35.6 Å². The zero-order valence-electron chi connectivity index (χ0n) is 35.9. The molecule has 0 aliphatic heterocycles.